The number of methoxy groups -OCH3 is 2. The van der Waals surface area contributed by atoms with Crippen molar-refractivity contribution < 1.29 is 43.2 Å². The number of ether oxygens (including phenoxy) is 5. The first-order chi connectivity index (χ1) is 58.2. The second kappa shape index (κ2) is 39.8. The van der Waals surface area contributed by atoms with Crippen LogP contribution in [-0.4, -0.2) is 213 Å². The first-order valence-electron chi connectivity index (χ1n) is 40.6. The Morgan fingerprint density at radius 1 is 0.455 bits per heavy atom. The van der Waals surface area contributed by atoms with Gasteiger partial charge < -0.3 is 58.6 Å². The van der Waals surface area contributed by atoms with Crippen molar-refractivity contribution in [2.75, 3.05) is 106 Å². The monoisotopic (exact) mass is 1800 g/mol. The molecule has 0 unspecified atom stereocenters. The minimum atomic E-state index is -1.16. The van der Waals surface area contributed by atoms with Crippen LogP contribution in [0.5, 0.6) is 0 Å². The standard InChI is InChI=1S/C31H36ClN5O3S.C30H34ClN5O3S.C25H23Cl2N3O3S.C6H14N2/c1-18-16-23-27(41-28(34-23)22-12-14-33-30(35-22)37-15-13-21(17-37)36(5)6)25(19-8-10-20(32)11-9-19)24(18)26(29(38)39-7)40-31(2,3)4;1-17-15-22-26(24(18-7-9-19(31)10-8-18)23(17)25(28(37)38)39-30(2,3)4)40-27(33-22)21-11-13-32-29(34-21)36-14-12-20(16-36)35(5)6;1-13-12-17-21(34-22(29-17)16-10-11-28-24(27)30-16)19(14-6-8-15(26)9-7-14)18(13)20(23(31)32-5)33-25(2,3)4;1-8(2)6-3-4-7-5-6/h8-12,14,16,21,26H,13,15,17H2,1-7H3;7-11,13,15,20,25H,12,14,16H2,1-6H3,(H,37,38);6-12,20H,1-5H3;6-7H,3-5H2,1-2H3/t21-,26+;20-,25+;20-;6-/m1101/s1. The SMILES string of the molecule is CN(C)[C@@H]1CCNC1.COC(=O)[C@@H](OC(C)(C)C)c1c(C)cc2nc(-c3ccnc(Cl)n3)sc2c1-c1ccc(Cl)cc1.COC(=O)[C@@H](OC(C)(C)C)c1c(C)cc2nc(-c3ccnc(N4CC[C@@H](N(C)C)C4)n3)sc2c1-c1ccc(Cl)cc1.Cc1cc2nc(-c3ccnc(N4CC[C@@H](N(C)C)C4)n3)sc2c(-c2ccc(Cl)cc2)c1[C@H](OC(C)(C)C)C(=O)O. The van der Waals surface area contributed by atoms with Crippen LogP contribution < -0.4 is 15.1 Å². The van der Waals surface area contributed by atoms with E-state index in [1.807, 2.05) is 186 Å². The number of benzene rings is 6. The molecule has 31 heteroatoms. The van der Waals surface area contributed by atoms with Crippen LogP contribution in [0.25, 0.3) is 96.1 Å². The van der Waals surface area contributed by atoms with Gasteiger partial charge in [-0.15, -0.1) is 34.0 Å². The molecule has 0 spiro atoms. The van der Waals surface area contributed by atoms with E-state index in [4.69, 9.17) is 95.0 Å². The number of fused-ring (bicyclic) bond motifs is 3. The number of anilines is 2. The zero-order valence-corrected chi connectivity index (χ0v) is 78.6. The van der Waals surface area contributed by atoms with Gasteiger partial charge in [0, 0.05) is 118 Å². The quantitative estimate of drug-likeness (QED) is 0.0530. The number of nitrogens with zero attached hydrogens (tertiary/aromatic N) is 14. The number of likely N-dealkylation sites (N-methyl/N-ethyl adjacent to an activating group) is 3. The molecule has 9 heterocycles. The zero-order valence-electron chi connectivity index (χ0n) is 73.2. The molecule has 123 heavy (non-hydrogen) atoms. The fraction of sp³-hybridized carbons (Fsp3) is 0.413. The number of carboxylic acids is 1. The second-order valence-corrected chi connectivity index (χ2v) is 38.9. The van der Waals surface area contributed by atoms with Crippen LogP contribution in [-0.2, 0) is 38.1 Å². The summed E-state index contributed by atoms with van der Waals surface area (Å²) in [5, 5.41) is 17.8. The van der Waals surface area contributed by atoms with E-state index in [2.05, 4.69) is 92.0 Å². The molecule has 12 aromatic rings. The van der Waals surface area contributed by atoms with Gasteiger partial charge in [0.1, 0.15) is 32.1 Å². The van der Waals surface area contributed by atoms with E-state index in [1.165, 1.54) is 56.4 Å². The fourth-order valence-electron chi connectivity index (χ4n) is 15.1. The van der Waals surface area contributed by atoms with Crippen LogP contribution in [0.2, 0.25) is 20.4 Å². The van der Waals surface area contributed by atoms with Crippen LogP contribution in [0.1, 0.15) is 133 Å². The number of carboxylic acid groups (broad SMARTS) is 1. The number of carbonyl (C=O) groups is 3. The molecule has 0 radical (unpaired) electrons. The smallest absolute Gasteiger partial charge is 0.339 e. The van der Waals surface area contributed by atoms with E-state index in [1.54, 1.807) is 36.0 Å². The Kier molecular flexibility index (Phi) is 30.2. The average molecular weight is 1800 g/mol. The highest BCUT2D eigenvalue weighted by Crippen LogP contribution is 2.49. The largest absolute Gasteiger partial charge is 0.479 e. The van der Waals surface area contributed by atoms with Crippen LogP contribution in [0.4, 0.5) is 11.9 Å². The van der Waals surface area contributed by atoms with Gasteiger partial charge in [0.2, 0.25) is 17.2 Å². The first-order valence-corrected chi connectivity index (χ1v) is 44.6. The van der Waals surface area contributed by atoms with Crippen LogP contribution in [0.15, 0.2) is 128 Å². The van der Waals surface area contributed by atoms with Crippen molar-refractivity contribution in [2.45, 2.75) is 156 Å². The molecule has 6 atom stereocenters. The molecule has 6 aromatic carbocycles. The minimum absolute atomic E-state index is 0.149. The van der Waals surface area contributed by atoms with E-state index in [0.29, 0.717) is 55.3 Å². The van der Waals surface area contributed by atoms with Crippen molar-refractivity contribution in [3.05, 3.63) is 182 Å². The van der Waals surface area contributed by atoms with Crippen molar-refractivity contribution in [2.24, 2.45) is 0 Å². The molecule has 0 bridgehead atoms. The highest BCUT2D eigenvalue weighted by molar-refractivity contribution is 7.23. The van der Waals surface area contributed by atoms with Gasteiger partial charge in [0.15, 0.2) is 18.3 Å². The summed E-state index contributed by atoms with van der Waals surface area (Å²) in [6.07, 6.45) is 5.61. The lowest BCUT2D eigenvalue weighted by molar-refractivity contribution is -0.164. The molecule has 0 amide bonds. The maximum Gasteiger partial charge on any atom is 0.339 e. The van der Waals surface area contributed by atoms with Gasteiger partial charge in [-0.2, -0.15) is 0 Å². The maximum absolute atomic E-state index is 13.2. The zero-order chi connectivity index (χ0) is 88.8. The number of aromatic nitrogens is 9. The highest BCUT2D eigenvalue weighted by atomic mass is 35.5. The average Bonchev–Trinajstić information content (AvgIpc) is 1.67. The second-order valence-electron chi connectivity index (χ2n) is 34.3. The summed E-state index contributed by atoms with van der Waals surface area (Å²) in [5.74, 6) is -0.561. The molecule has 3 saturated heterocycles. The molecule has 0 aliphatic carbocycles. The van der Waals surface area contributed by atoms with Gasteiger partial charge in [0.05, 0.1) is 61.7 Å². The number of aryl methyl sites for hydroxylation is 3. The number of carbonyl (C=O) groups excluding carboxylic acids is 2. The van der Waals surface area contributed by atoms with Gasteiger partial charge in [-0.25, -0.2) is 59.2 Å². The third kappa shape index (κ3) is 22.9. The molecule has 650 valence electrons. The minimum Gasteiger partial charge on any atom is -0.479 e. The molecule has 3 aliphatic heterocycles. The van der Waals surface area contributed by atoms with Gasteiger partial charge in [-0.3, -0.25) is 0 Å². The Morgan fingerprint density at radius 2 is 0.780 bits per heavy atom. The molecule has 6 aromatic heterocycles. The van der Waals surface area contributed by atoms with E-state index in [9.17, 15) is 19.5 Å². The van der Waals surface area contributed by atoms with Gasteiger partial charge in [0.25, 0.3) is 0 Å². The lowest BCUT2D eigenvalue weighted by Gasteiger charge is -2.29. The Balaban J connectivity index is 0.000000161. The third-order valence-electron chi connectivity index (χ3n) is 21.1. The van der Waals surface area contributed by atoms with Crippen molar-refractivity contribution in [3.8, 4) is 65.5 Å². The van der Waals surface area contributed by atoms with Crippen molar-refractivity contribution >= 4 is 141 Å². The fourth-order valence-corrected chi connectivity index (χ4v) is 18.9. The first kappa shape index (κ1) is 93.3. The molecule has 3 fully saturated rings. The summed E-state index contributed by atoms with van der Waals surface area (Å²) in [4.78, 5) is 91.9. The molecule has 3 aliphatic rings. The van der Waals surface area contributed by atoms with Crippen molar-refractivity contribution in [3.63, 3.8) is 0 Å². The molecular formula is C92H107Cl4N15O9S3. The van der Waals surface area contributed by atoms with E-state index < -0.39 is 53.0 Å². The number of thiazole rings is 3. The molecule has 15 rings (SSSR count). The molecule has 24 nitrogen and oxygen atoms in total. The summed E-state index contributed by atoms with van der Waals surface area (Å²) in [7, 11) is 15.4. The normalized spacial score (nSPS) is 16.4. The van der Waals surface area contributed by atoms with Gasteiger partial charge in [-0.1, -0.05) is 71.2 Å². The van der Waals surface area contributed by atoms with Crippen molar-refractivity contribution in [1.82, 2.24) is 64.9 Å². The number of esters is 2. The Labute approximate surface area is 751 Å². The number of nitrogens with one attached hydrogen (secondary N) is 1. The Hall–Kier alpha value is -8.88. The summed E-state index contributed by atoms with van der Waals surface area (Å²) in [6.45, 7) is 28.9. The van der Waals surface area contributed by atoms with Gasteiger partial charge >= 0.3 is 17.9 Å². The predicted molar refractivity (Wildman–Crippen MR) is 498 cm³/mol. The topological polar surface area (TPSA) is 262 Å². The Bertz CT molecular complexity index is 5750. The van der Waals surface area contributed by atoms with Crippen molar-refractivity contribution in [1.29, 1.82) is 0 Å². The number of halogens is 4. The lowest BCUT2D eigenvalue weighted by atomic mass is 9.91. The number of rotatable bonds is 20. The molecule has 2 N–H and O–H groups in total. The molecule has 0 saturated carbocycles. The van der Waals surface area contributed by atoms with Gasteiger partial charge in [-0.05, 0) is 269 Å². The predicted octanol–water partition coefficient (Wildman–Crippen LogP) is 20.0. The highest BCUT2D eigenvalue weighted by Gasteiger charge is 2.38. The summed E-state index contributed by atoms with van der Waals surface area (Å²) < 4.78 is 31.8. The summed E-state index contributed by atoms with van der Waals surface area (Å²) >= 11 is 29.2. The van der Waals surface area contributed by atoms with E-state index in [-0.39, 0.29) is 5.28 Å². The number of aliphatic carboxylic acids is 1. The molecular weight excluding hydrogens is 1700 g/mol. The summed E-state index contributed by atoms with van der Waals surface area (Å²) in [6, 6.07) is 35.7. The number of hydrogen-bond acceptors (Lipinski definition) is 26. The van der Waals surface area contributed by atoms with Crippen LogP contribution >= 0.6 is 80.4 Å². The summed E-state index contributed by atoms with van der Waals surface area (Å²) in [5.41, 5.74) is 12.4. The Morgan fingerprint density at radius 3 is 1.07 bits per heavy atom. The third-order valence-corrected chi connectivity index (χ3v) is 25.4. The maximum atomic E-state index is 13.2. The van der Waals surface area contributed by atoms with Crippen LogP contribution in [0.3, 0.4) is 0 Å². The number of hydrogen-bond donors (Lipinski definition) is 2. The van der Waals surface area contributed by atoms with Crippen LogP contribution in [0, 0.1) is 20.8 Å². The van der Waals surface area contributed by atoms with E-state index in [0.717, 1.165) is 158 Å². The lowest BCUT2D eigenvalue weighted by Crippen LogP contribution is -2.32. The van der Waals surface area contributed by atoms with E-state index >= 15 is 0 Å².